The summed E-state index contributed by atoms with van der Waals surface area (Å²) in [7, 11) is 0. The first-order valence-corrected chi connectivity index (χ1v) is 16.2. The average Bonchev–Trinajstić information content (AvgIpc) is 3.67. The van der Waals surface area contributed by atoms with Gasteiger partial charge in [-0.2, -0.15) is 22.7 Å². The fraction of sp³-hybridized carbons (Fsp3) is 0.406. The van der Waals surface area contributed by atoms with E-state index in [2.05, 4.69) is 25.4 Å². The maximum absolute atomic E-state index is 16.6. The minimum absolute atomic E-state index is 0.0556. The molecule has 2 N–H and O–H groups in total. The Morgan fingerprint density at radius 1 is 1.24 bits per heavy atom. The molecule has 14 nitrogen and oxygen atoms in total. The minimum Gasteiger partial charge on any atom is -0.504 e. The van der Waals surface area contributed by atoms with Gasteiger partial charge in [0.05, 0.1) is 59.1 Å². The quantitative estimate of drug-likeness (QED) is 0.287. The molecule has 1 fully saturated rings. The number of anilines is 1. The second kappa shape index (κ2) is 12.7. The van der Waals surface area contributed by atoms with E-state index in [9.17, 15) is 32.7 Å². The molecule has 1 unspecified atom stereocenters. The van der Waals surface area contributed by atoms with Crippen LogP contribution < -0.4 is 10.9 Å². The van der Waals surface area contributed by atoms with Crippen molar-refractivity contribution < 1.29 is 41.7 Å². The van der Waals surface area contributed by atoms with Gasteiger partial charge in [0, 0.05) is 13.0 Å². The number of piperidine rings is 1. The van der Waals surface area contributed by atoms with Crippen LogP contribution in [-0.2, 0) is 32.6 Å². The second-order valence-electron chi connectivity index (χ2n) is 12.4. The summed E-state index contributed by atoms with van der Waals surface area (Å²) in [5, 5.41) is 17.0. The highest BCUT2D eigenvalue weighted by Crippen LogP contribution is 2.49. The van der Waals surface area contributed by atoms with Crippen LogP contribution in [0.1, 0.15) is 64.7 Å². The monoisotopic (exact) mass is 732 g/mol. The third-order valence-electron chi connectivity index (χ3n) is 9.24. The Morgan fingerprint density at radius 2 is 2.02 bits per heavy atom. The molecule has 0 aliphatic carbocycles. The van der Waals surface area contributed by atoms with Crippen molar-refractivity contribution in [2.24, 2.45) is 0 Å². The second-order valence-corrected chi connectivity index (χ2v) is 12.8. The molecule has 19 heteroatoms. The van der Waals surface area contributed by atoms with Gasteiger partial charge in [-0.3, -0.25) is 14.4 Å². The number of hydrogen-bond acceptors (Lipinski definition) is 10. The predicted octanol–water partition coefficient (Wildman–Crippen LogP) is 3.98. The maximum atomic E-state index is 16.6. The Morgan fingerprint density at radius 3 is 2.71 bits per heavy atom. The summed E-state index contributed by atoms with van der Waals surface area (Å²) < 4.78 is 70.2. The molecule has 0 radical (unpaired) electrons. The Kier molecular flexibility index (Phi) is 8.58. The molecule has 1 saturated heterocycles. The van der Waals surface area contributed by atoms with E-state index in [1.165, 1.54) is 11.5 Å². The highest BCUT2D eigenvalue weighted by molar-refractivity contribution is 6.33. The minimum atomic E-state index is -4.65. The molecule has 1 spiro atoms. The number of rotatable bonds is 5. The molecule has 3 aliphatic rings. The molecule has 51 heavy (non-hydrogen) atoms. The molecular weight excluding hydrogens is 704 g/mol. The SMILES string of the molecule is Cc1ncnc(C(=O)N2CC[C@@]3(O[C@H](C)c4c3c(=O)n3nc(C5=CCOCC5)nc3n4CC(=O)Nc3ccc(C(F)(F)F)cc3Cl)C(F)C2)c1O. The molecular formula is C32H29ClF4N8O6. The summed E-state index contributed by atoms with van der Waals surface area (Å²) >= 11 is 6.09. The van der Waals surface area contributed by atoms with E-state index in [1.54, 1.807) is 13.0 Å². The lowest BCUT2D eigenvalue weighted by molar-refractivity contribution is -0.143. The van der Waals surface area contributed by atoms with Crippen molar-refractivity contribution in [1.82, 2.24) is 34.0 Å². The number of aryl methyl sites for hydroxylation is 1. The van der Waals surface area contributed by atoms with E-state index < -0.39 is 65.8 Å². The molecule has 4 aromatic rings. The number of alkyl halides is 4. The lowest BCUT2D eigenvalue weighted by Gasteiger charge is -2.41. The van der Waals surface area contributed by atoms with Crippen LogP contribution >= 0.6 is 11.6 Å². The third kappa shape index (κ3) is 5.89. The van der Waals surface area contributed by atoms with Gasteiger partial charge in [-0.15, -0.1) is 5.10 Å². The molecule has 3 aliphatic heterocycles. The van der Waals surface area contributed by atoms with Gasteiger partial charge < -0.3 is 29.4 Å². The molecule has 0 saturated carbocycles. The summed E-state index contributed by atoms with van der Waals surface area (Å²) in [6.07, 6.45) is -4.44. The van der Waals surface area contributed by atoms with Gasteiger partial charge in [-0.25, -0.2) is 14.4 Å². The number of benzene rings is 1. The van der Waals surface area contributed by atoms with E-state index in [0.29, 0.717) is 31.3 Å². The Labute approximate surface area is 290 Å². The lowest BCUT2D eigenvalue weighted by atomic mass is 9.83. The number of ether oxygens (including phenoxy) is 2. The predicted molar refractivity (Wildman–Crippen MR) is 171 cm³/mol. The number of hydrogen-bond donors (Lipinski definition) is 2. The van der Waals surface area contributed by atoms with Crippen LogP contribution in [0.2, 0.25) is 5.02 Å². The summed E-state index contributed by atoms with van der Waals surface area (Å²) in [6, 6.07) is 2.48. The van der Waals surface area contributed by atoms with Crippen LogP contribution in [0.3, 0.4) is 0 Å². The Bertz CT molecular complexity index is 2190. The zero-order valence-corrected chi connectivity index (χ0v) is 27.8. The van der Waals surface area contributed by atoms with Crippen LogP contribution in [0, 0.1) is 6.92 Å². The van der Waals surface area contributed by atoms with Gasteiger partial charge in [0.15, 0.2) is 23.4 Å². The van der Waals surface area contributed by atoms with E-state index in [1.807, 2.05) is 0 Å². The maximum Gasteiger partial charge on any atom is 0.416 e. The molecule has 7 rings (SSSR count). The summed E-state index contributed by atoms with van der Waals surface area (Å²) in [4.78, 5) is 54.6. The highest BCUT2D eigenvalue weighted by atomic mass is 35.5. The number of carbonyl (C=O) groups is 2. The summed E-state index contributed by atoms with van der Waals surface area (Å²) in [6.45, 7) is 2.59. The number of amides is 2. The standard InChI is InChI=1S/C32H29ClF4N8O6/c1-15-26(47)24(39-14-38-15)29(49)43-8-7-31(21(34)12-43)23-25(16(2)51-31)44(13-22(46)40-20-4-3-18(11-19(20)33)32(35,36)37)30-41-27(42-45(30)28(23)48)17-5-9-50-10-6-17/h3-5,11,14,16,21,47H,6-10,12-13H2,1-2H3,(H,40,46)/t16-,21?,31-/m1/s1. The van der Waals surface area contributed by atoms with E-state index in [-0.39, 0.29) is 57.9 Å². The third-order valence-corrected chi connectivity index (χ3v) is 9.55. The van der Waals surface area contributed by atoms with Crippen molar-refractivity contribution in [2.75, 3.05) is 31.6 Å². The molecule has 268 valence electrons. The van der Waals surface area contributed by atoms with Crippen molar-refractivity contribution >= 4 is 40.5 Å². The van der Waals surface area contributed by atoms with E-state index >= 15 is 4.39 Å². The van der Waals surface area contributed by atoms with Crippen LogP contribution in [0.5, 0.6) is 5.75 Å². The number of aromatic nitrogens is 6. The van der Waals surface area contributed by atoms with Crippen LogP contribution in [-0.4, -0.2) is 83.4 Å². The first kappa shape index (κ1) is 34.5. The van der Waals surface area contributed by atoms with Gasteiger partial charge in [0.2, 0.25) is 11.7 Å². The van der Waals surface area contributed by atoms with Gasteiger partial charge in [-0.1, -0.05) is 17.7 Å². The first-order chi connectivity index (χ1) is 24.2. The van der Waals surface area contributed by atoms with Crippen molar-refractivity contribution in [3.8, 4) is 5.75 Å². The van der Waals surface area contributed by atoms with Crippen LogP contribution in [0.15, 0.2) is 35.4 Å². The fourth-order valence-corrected chi connectivity index (χ4v) is 6.96. The molecule has 1 aromatic carbocycles. The normalized spacial score (nSPS) is 21.9. The number of likely N-dealkylation sites (tertiary alicyclic amines) is 1. The molecule has 3 atom stereocenters. The first-order valence-electron chi connectivity index (χ1n) is 15.8. The van der Waals surface area contributed by atoms with Crippen LogP contribution in [0.4, 0.5) is 23.2 Å². The highest BCUT2D eigenvalue weighted by Gasteiger charge is 2.56. The number of nitrogens with one attached hydrogen (secondary N) is 1. The zero-order valence-electron chi connectivity index (χ0n) is 27.0. The van der Waals surface area contributed by atoms with E-state index in [4.69, 9.17) is 21.1 Å². The van der Waals surface area contributed by atoms with Crippen molar-refractivity contribution in [2.45, 2.75) is 57.3 Å². The smallest absolute Gasteiger partial charge is 0.416 e. The van der Waals surface area contributed by atoms with Gasteiger partial charge in [0.1, 0.15) is 18.5 Å². The molecule has 6 heterocycles. The number of fused-ring (bicyclic) bond motifs is 3. The van der Waals surface area contributed by atoms with Gasteiger partial charge in [-0.05, 0) is 44.0 Å². The van der Waals surface area contributed by atoms with E-state index in [0.717, 1.165) is 27.9 Å². The average molecular weight is 733 g/mol. The lowest BCUT2D eigenvalue weighted by Crippen LogP contribution is -2.55. The van der Waals surface area contributed by atoms with Crippen molar-refractivity contribution in [1.29, 1.82) is 0 Å². The number of carbonyl (C=O) groups excluding carboxylic acids is 2. The largest absolute Gasteiger partial charge is 0.504 e. The fourth-order valence-electron chi connectivity index (χ4n) is 6.73. The summed E-state index contributed by atoms with van der Waals surface area (Å²) in [5.41, 5.74) is -3.10. The number of aromatic hydroxyl groups is 1. The van der Waals surface area contributed by atoms with Crippen LogP contribution in [0.25, 0.3) is 11.4 Å². The summed E-state index contributed by atoms with van der Waals surface area (Å²) in [5.74, 6) is -1.78. The molecule has 2 amide bonds. The van der Waals surface area contributed by atoms with Crippen molar-refractivity contribution in [3.63, 3.8) is 0 Å². The number of nitrogens with zero attached hydrogens (tertiary/aromatic N) is 7. The van der Waals surface area contributed by atoms with Crippen molar-refractivity contribution in [3.05, 3.63) is 80.0 Å². The Hall–Kier alpha value is -4.94. The molecule has 0 bridgehead atoms. The topological polar surface area (TPSA) is 166 Å². The van der Waals surface area contributed by atoms with Gasteiger partial charge >= 0.3 is 6.18 Å². The number of halogens is 5. The zero-order chi connectivity index (χ0) is 36.4. The Balaban J connectivity index is 1.28. The molecule has 3 aromatic heterocycles. The van der Waals surface area contributed by atoms with Gasteiger partial charge in [0.25, 0.3) is 11.5 Å².